The van der Waals surface area contributed by atoms with Crippen LogP contribution in [0.5, 0.6) is 0 Å². The first-order valence-electron chi connectivity index (χ1n) is 4.56. The van der Waals surface area contributed by atoms with Gasteiger partial charge in [-0.2, -0.15) is 0 Å². The molecule has 1 aromatic heterocycles. The molecule has 1 aromatic rings. The highest BCUT2D eigenvalue weighted by atomic mass is 32.1. The summed E-state index contributed by atoms with van der Waals surface area (Å²) in [4.78, 5) is 35.1. The quantitative estimate of drug-likeness (QED) is 0.706. The molecule has 2 heterocycles. The highest BCUT2D eigenvalue weighted by molar-refractivity contribution is 7.14. The molecule has 4 N–H and O–H groups in total. The van der Waals surface area contributed by atoms with Crippen molar-refractivity contribution in [1.29, 1.82) is 0 Å². The third-order valence-corrected chi connectivity index (χ3v) is 3.34. The molecule has 0 spiro atoms. The number of amides is 4. The third-order valence-electron chi connectivity index (χ3n) is 2.36. The molecule has 0 fully saturated rings. The molecular weight excluding hydrogens is 230 g/mol. The number of thiophene rings is 1. The van der Waals surface area contributed by atoms with E-state index in [2.05, 4.69) is 0 Å². The summed E-state index contributed by atoms with van der Waals surface area (Å²) >= 11 is 1.27. The second kappa shape index (κ2) is 3.69. The minimum absolute atomic E-state index is 0.0213. The Morgan fingerprint density at radius 1 is 1.56 bits per heavy atom. The third kappa shape index (κ3) is 1.59. The summed E-state index contributed by atoms with van der Waals surface area (Å²) in [5, 5.41) is 3.69. The summed E-state index contributed by atoms with van der Waals surface area (Å²) in [6.07, 6.45) is 0.0213. The Kier molecular flexibility index (Phi) is 2.49. The van der Waals surface area contributed by atoms with Crippen molar-refractivity contribution in [2.24, 2.45) is 5.73 Å². The van der Waals surface area contributed by atoms with Gasteiger partial charge in [0.05, 0.1) is 6.42 Å². The van der Waals surface area contributed by atoms with Gasteiger partial charge >= 0.3 is 6.03 Å². The van der Waals surface area contributed by atoms with Crippen molar-refractivity contribution in [1.82, 2.24) is 4.90 Å². The lowest BCUT2D eigenvalue weighted by atomic mass is 10.1. The second-order valence-electron chi connectivity index (χ2n) is 3.49. The number of hydrogen-bond acceptors (Lipinski definition) is 4. The highest BCUT2D eigenvalue weighted by Gasteiger charge is 2.36. The summed E-state index contributed by atoms with van der Waals surface area (Å²) in [5.74, 6) is -0.868. The van der Waals surface area contributed by atoms with Crippen LogP contribution in [-0.4, -0.2) is 29.8 Å². The Hall–Kier alpha value is -1.73. The van der Waals surface area contributed by atoms with E-state index in [1.54, 1.807) is 5.38 Å². The van der Waals surface area contributed by atoms with Gasteiger partial charge in [0, 0.05) is 12.4 Å². The standard InChI is InChI=1S/C9H9N3O3S/c1-12-8(14)6-4(2-5(10)13)3-16-7(6)11-9(12)15/h3H,2H2,1H3,(H2,10,13)(H,11,15)/p+1. The molecule has 0 atom stereocenters. The van der Waals surface area contributed by atoms with Gasteiger partial charge in [0.1, 0.15) is 5.56 Å². The van der Waals surface area contributed by atoms with E-state index in [1.165, 1.54) is 23.7 Å². The number of carbonyl (C=O) groups is 3. The van der Waals surface area contributed by atoms with Gasteiger partial charge in [0.2, 0.25) is 10.9 Å². The van der Waals surface area contributed by atoms with E-state index in [9.17, 15) is 14.4 Å². The highest BCUT2D eigenvalue weighted by Crippen LogP contribution is 2.27. The molecule has 7 heteroatoms. The van der Waals surface area contributed by atoms with Crippen LogP contribution in [0.4, 0.5) is 9.80 Å². The van der Waals surface area contributed by atoms with Crippen LogP contribution in [0.1, 0.15) is 15.9 Å². The van der Waals surface area contributed by atoms with Crippen LogP contribution in [-0.2, 0) is 11.2 Å². The van der Waals surface area contributed by atoms with Gasteiger partial charge in [0.25, 0.3) is 5.91 Å². The molecule has 0 unspecified atom stereocenters. The first-order valence-corrected chi connectivity index (χ1v) is 5.44. The van der Waals surface area contributed by atoms with Gasteiger partial charge in [0.15, 0.2) is 0 Å². The minimum atomic E-state index is -0.493. The summed E-state index contributed by atoms with van der Waals surface area (Å²) in [6, 6.07) is -0.343. The predicted molar refractivity (Wildman–Crippen MR) is 56.3 cm³/mol. The number of hydrogen-bond donors (Lipinski definition) is 2. The largest absolute Gasteiger partial charge is 0.428 e. The fraction of sp³-hybridized carbons (Fsp3) is 0.222. The number of rotatable bonds is 2. The molecule has 0 aromatic carbocycles. The van der Waals surface area contributed by atoms with Gasteiger partial charge < -0.3 is 5.73 Å². The number of carbonyl (C=O) groups excluding carboxylic acids is 3. The fourth-order valence-electron chi connectivity index (χ4n) is 1.55. The number of fused-ring (bicyclic) bond motifs is 1. The average Bonchev–Trinajstić information content (AvgIpc) is 2.57. The maximum Gasteiger partial charge on any atom is 0.428 e. The Morgan fingerprint density at radius 3 is 2.88 bits per heavy atom. The van der Waals surface area contributed by atoms with Crippen molar-refractivity contribution in [3.63, 3.8) is 0 Å². The molecule has 0 bridgehead atoms. The lowest BCUT2D eigenvalue weighted by Crippen LogP contribution is -2.87. The number of urea groups is 1. The van der Waals surface area contributed by atoms with Crippen LogP contribution >= 0.6 is 11.3 Å². The molecule has 1 aliphatic rings. The topological polar surface area (TPSA) is 97.1 Å². The molecule has 2 rings (SSSR count). The fourth-order valence-corrected chi connectivity index (χ4v) is 2.53. The summed E-state index contributed by atoms with van der Waals surface area (Å²) in [5.41, 5.74) is 6.10. The Balaban J connectivity index is 2.45. The number of primary amides is 2. The normalized spacial score (nSPS) is 15.2. The molecule has 4 amide bonds. The second-order valence-corrected chi connectivity index (χ2v) is 4.40. The lowest BCUT2D eigenvalue weighted by molar-refractivity contribution is -0.468. The Bertz CT molecular complexity index is 494. The molecule has 0 saturated carbocycles. The first kappa shape index (κ1) is 10.8. The lowest BCUT2D eigenvalue weighted by Gasteiger charge is -2.17. The van der Waals surface area contributed by atoms with Crippen LogP contribution < -0.4 is 11.1 Å². The zero-order chi connectivity index (χ0) is 11.9. The SMILES string of the molecule is CN1C(=O)[NH2+]c2scc(CC(N)=O)c2C1=O. The maximum atomic E-state index is 11.8. The first-order chi connectivity index (χ1) is 7.50. The van der Waals surface area contributed by atoms with Gasteiger partial charge in [-0.05, 0) is 5.56 Å². The van der Waals surface area contributed by atoms with E-state index in [1.807, 2.05) is 0 Å². The van der Waals surface area contributed by atoms with E-state index in [0.29, 0.717) is 16.1 Å². The van der Waals surface area contributed by atoms with Gasteiger partial charge in [-0.15, -0.1) is 0 Å². The van der Waals surface area contributed by atoms with Crippen molar-refractivity contribution < 1.29 is 19.7 Å². The molecular formula is C9H10N3O3S+. The van der Waals surface area contributed by atoms with Crippen LogP contribution in [0.25, 0.3) is 0 Å². The molecule has 6 nitrogen and oxygen atoms in total. The number of nitrogens with two attached hydrogens (primary N) is 2. The van der Waals surface area contributed by atoms with Crippen molar-refractivity contribution in [2.45, 2.75) is 6.42 Å². The molecule has 84 valence electrons. The Labute approximate surface area is 95.0 Å². The maximum absolute atomic E-state index is 11.8. The smallest absolute Gasteiger partial charge is 0.369 e. The van der Waals surface area contributed by atoms with E-state index in [4.69, 9.17) is 5.73 Å². The van der Waals surface area contributed by atoms with E-state index in [-0.39, 0.29) is 18.4 Å². The molecule has 1 aliphatic heterocycles. The van der Waals surface area contributed by atoms with Crippen molar-refractivity contribution in [2.75, 3.05) is 7.05 Å². The van der Waals surface area contributed by atoms with Crippen LogP contribution in [0.15, 0.2) is 5.38 Å². The Morgan fingerprint density at radius 2 is 2.25 bits per heavy atom. The van der Waals surface area contributed by atoms with E-state index >= 15 is 0 Å². The summed E-state index contributed by atoms with van der Waals surface area (Å²) < 4.78 is 0. The molecule has 0 aliphatic carbocycles. The molecule has 16 heavy (non-hydrogen) atoms. The van der Waals surface area contributed by atoms with Crippen LogP contribution in [0.3, 0.4) is 0 Å². The van der Waals surface area contributed by atoms with Crippen LogP contribution in [0.2, 0.25) is 0 Å². The summed E-state index contributed by atoms with van der Waals surface area (Å²) in [7, 11) is 1.41. The van der Waals surface area contributed by atoms with Crippen molar-refractivity contribution in [3.05, 3.63) is 16.5 Å². The van der Waals surface area contributed by atoms with Crippen LogP contribution in [0, 0.1) is 0 Å². The van der Waals surface area contributed by atoms with Crippen molar-refractivity contribution >= 4 is 34.2 Å². The molecule has 0 radical (unpaired) electrons. The zero-order valence-electron chi connectivity index (χ0n) is 8.52. The average molecular weight is 240 g/mol. The van der Waals surface area contributed by atoms with E-state index in [0.717, 1.165) is 4.90 Å². The van der Waals surface area contributed by atoms with Gasteiger partial charge in [-0.25, -0.2) is 15.0 Å². The van der Waals surface area contributed by atoms with E-state index < -0.39 is 5.91 Å². The van der Waals surface area contributed by atoms with Gasteiger partial charge in [-0.3, -0.25) is 9.59 Å². The zero-order valence-corrected chi connectivity index (χ0v) is 9.34. The minimum Gasteiger partial charge on any atom is -0.369 e. The molecule has 0 saturated heterocycles. The number of quaternary nitrogens is 1. The number of imide groups is 1. The monoisotopic (exact) mass is 240 g/mol. The van der Waals surface area contributed by atoms with Crippen molar-refractivity contribution in [3.8, 4) is 0 Å². The summed E-state index contributed by atoms with van der Waals surface area (Å²) in [6.45, 7) is 0. The predicted octanol–water partition coefficient (Wildman–Crippen LogP) is -0.824. The number of nitrogens with zero attached hydrogens (tertiary/aromatic N) is 1. The van der Waals surface area contributed by atoms with Gasteiger partial charge in [-0.1, -0.05) is 11.3 Å².